The smallest absolute Gasteiger partial charge is 0.119 e. The van der Waals surface area contributed by atoms with E-state index in [-0.39, 0.29) is 0 Å². The molecule has 0 saturated carbocycles. The van der Waals surface area contributed by atoms with Crippen LogP contribution in [0.5, 0.6) is 5.75 Å². The van der Waals surface area contributed by atoms with Crippen molar-refractivity contribution in [1.82, 2.24) is 9.47 Å². The lowest BCUT2D eigenvalue weighted by Gasteiger charge is -2.33. The summed E-state index contributed by atoms with van der Waals surface area (Å²) in [5, 5.41) is 1.31. The zero-order valence-corrected chi connectivity index (χ0v) is 15.4. The van der Waals surface area contributed by atoms with Gasteiger partial charge in [0.2, 0.25) is 0 Å². The summed E-state index contributed by atoms with van der Waals surface area (Å²) in [4.78, 5) is 2.39. The molecule has 0 bridgehead atoms. The minimum atomic E-state index is 0.303. The van der Waals surface area contributed by atoms with Gasteiger partial charge in [0.25, 0.3) is 0 Å². The number of hydrogen-bond donors (Lipinski definition) is 0. The van der Waals surface area contributed by atoms with Crippen molar-refractivity contribution in [3.63, 3.8) is 0 Å². The van der Waals surface area contributed by atoms with Crippen molar-refractivity contribution in [2.24, 2.45) is 0 Å². The van der Waals surface area contributed by atoms with E-state index in [1.807, 2.05) is 0 Å². The van der Waals surface area contributed by atoms with Gasteiger partial charge in [-0.25, -0.2) is 0 Å². The first-order chi connectivity index (χ1) is 12.7. The van der Waals surface area contributed by atoms with E-state index >= 15 is 0 Å². The van der Waals surface area contributed by atoms with Crippen LogP contribution < -0.4 is 4.74 Å². The quantitative estimate of drug-likeness (QED) is 0.658. The topological polar surface area (TPSA) is 17.4 Å². The van der Waals surface area contributed by atoms with Crippen LogP contribution in [0.3, 0.4) is 0 Å². The molecule has 3 nitrogen and oxygen atoms in total. The molecule has 132 valence electrons. The molecule has 0 amide bonds. The zero-order valence-electron chi connectivity index (χ0n) is 15.4. The summed E-state index contributed by atoms with van der Waals surface area (Å²) in [6, 6.07) is 17.4. The zero-order chi connectivity index (χ0) is 18.1. The molecule has 1 aliphatic rings. The van der Waals surface area contributed by atoms with Crippen LogP contribution >= 0.6 is 0 Å². The van der Waals surface area contributed by atoms with Crippen molar-refractivity contribution in [3.8, 4) is 18.1 Å². The maximum absolute atomic E-state index is 5.60. The molecule has 1 unspecified atom stereocenters. The van der Waals surface area contributed by atoms with Crippen molar-refractivity contribution in [2.45, 2.75) is 25.9 Å². The van der Waals surface area contributed by atoms with Crippen molar-refractivity contribution in [1.29, 1.82) is 0 Å². The molecule has 1 aliphatic heterocycles. The fourth-order valence-electron chi connectivity index (χ4n) is 4.18. The van der Waals surface area contributed by atoms with Gasteiger partial charge in [-0.2, -0.15) is 0 Å². The highest BCUT2D eigenvalue weighted by Gasteiger charge is 2.29. The van der Waals surface area contributed by atoms with E-state index in [1.54, 1.807) is 7.11 Å². The molecule has 0 saturated heterocycles. The Morgan fingerprint density at radius 3 is 2.73 bits per heavy atom. The number of terminal acetylenes is 1. The maximum Gasteiger partial charge on any atom is 0.119 e. The van der Waals surface area contributed by atoms with Gasteiger partial charge >= 0.3 is 0 Å². The van der Waals surface area contributed by atoms with E-state index in [0.29, 0.717) is 12.6 Å². The first-order valence-electron chi connectivity index (χ1n) is 9.13. The Hall–Kier alpha value is -2.70. The third-order valence-electron chi connectivity index (χ3n) is 5.49. The van der Waals surface area contributed by atoms with Gasteiger partial charge in [-0.3, -0.25) is 4.90 Å². The minimum Gasteiger partial charge on any atom is -0.497 e. The molecule has 0 aliphatic carbocycles. The molecule has 26 heavy (non-hydrogen) atoms. The second-order valence-corrected chi connectivity index (χ2v) is 6.92. The van der Waals surface area contributed by atoms with Crippen LogP contribution in [0.1, 0.15) is 29.8 Å². The first-order valence-corrected chi connectivity index (χ1v) is 9.13. The Bertz CT molecular complexity index is 965. The number of nitrogens with zero attached hydrogens (tertiary/aromatic N) is 2. The predicted molar refractivity (Wildman–Crippen MR) is 107 cm³/mol. The Balaban J connectivity index is 1.90. The highest BCUT2D eigenvalue weighted by molar-refractivity contribution is 5.87. The van der Waals surface area contributed by atoms with Crippen LogP contribution in [0.4, 0.5) is 0 Å². The van der Waals surface area contributed by atoms with Crippen molar-refractivity contribution in [2.75, 3.05) is 20.2 Å². The number of fused-ring (bicyclic) bond motifs is 3. The molecule has 0 spiro atoms. The Morgan fingerprint density at radius 1 is 1.19 bits per heavy atom. The number of ether oxygens (including phenoxy) is 1. The summed E-state index contributed by atoms with van der Waals surface area (Å²) >= 11 is 0. The summed E-state index contributed by atoms with van der Waals surface area (Å²) in [6.45, 7) is 4.83. The van der Waals surface area contributed by atoms with E-state index < -0.39 is 0 Å². The molecule has 0 N–H and O–H groups in total. The molecule has 3 aromatic rings. The van der Waals surface area contributed by atoms with Crippen molar-refractivity contribution >= 4 is 10.9 Å². The second kappa shape index (κ2) is 6.90. The van der Waals surface area contributed by atoms with Gasteiger partial charge in [0.05, 0.1) is 13.7 Å². The fourth-order valence-corrected chi connectivity index (χ4v) is 4.18. The standard InChI is InChI=1S/C23H24N2O/c1-4-13-24-14-12-20-21-15-19(26-3)10-11-22(21)25(23(20)17(24)2)16-18-8-6-5-7-9-18/h1,5-11,15,17H,12-14,16H2,2-3H3. The van der Waals surface area contributed by atoms with Gasteiger partial charge < -0.3 is 9.30 Å². The van der Waals surface area contributed by atoms with Crippen molar-refractivity contribution < 1.29 is 4.74 Å². The van der Waals surface area contributed by atoms with E-state index in [9.17, 15) is 0 Å². The molecule has 0 fully saturated rings. The number of hydrogen-bond acceptors (Lipinski definition) is 2. The van der Waals surface area contributed by atoms with Crippen LogP contribution in [0.15, 0.2) is 48.5 Å². The average Bonchev–Trinajstić information content (AvgIpc) is 2.98. The number of benzene rings is 2. The molecule has 3 heteroatoms. The van der Waals surface area contributed by atoms with Gasteiger partial charge in [0.1, 0.15) is 5.75 Å². The monoisotopic (exact) mass is 344 g/mol. The lowest BCUT2D eigenvalue weighted by Crippen LogP contribution is -2.35. The lowest BCUT2D eigenvalue weighted by molar-refractivity contribution is 0.217. The molecule has 4 rings (SSSR count). The lowest BCUT2D eigenvalue weighted by atomic mass is 9.98. The molecule has 2 aromatic carbocycles. The summed E-state index contributed by atoms with van der Waals surface area (Å²) in [5.41, 5.74) is 5.41. The van der Waals surface area contributed by atoms with Crippen LogP contribution in [-0.4, -0.2) is 29.7 Å². The fraction of sp³-hybridized carbons (Fsp3) is 0.304. The van der Waals surface area contributed by atoms with Gasteiger partial charge in [-0.05, 0) is 42.7 Å². The number of aromatic nitrogens is 1. The SMILES string of the molecule is C#CCN1CCc2c(n(Cc3ccccc3)c3ccc(OC)cc23)C1C. The molecular formula is C23H24N2O. The highest BCUT2D eigenvalue weighted by Crippen LogP contribution is 2.38. The Morgan fingerprint density at radius 2 is 2.00 bits per heavy atom. The second-order valence-electron chi connectivity index (χ2n) is 6.92. The summed E-state index contributed by atoms with van der Waals surface area (Å²) in [6.07, 6.45) is 6.62. The normalized spacial score (nSPS) is 17.0. The highest BCUT2D eigenvalue weighted by atomic mass is 16.5. The third kappa shape index (κ3) is 2.77. The average molecular weight is 344 g/mol. The van der Waals surface area contributed by atoms with Crippen LogP contribution in [0.25, 0.3) is 10.9 Å². The van der Waals surface area contributed by atoms with Gasteiger partial charge in [0, 0.05) is 35.7 Å². The minimum absolute atomic E-state index is 0.303. The maximum atomic E-state index is 5.60. The molecule has 1 aromatic heterocycles. The van der Waals surface area contributed by atoms with Crippen LogP contribution in [0, 0.1) is 12.3 Å². The number of methoxy groups -OCH3 is 1. The van der Waals surface area contributed by atoms with E-state index in [4.69, 9.17) is 11.2 Å². The Labute approximate surface area is 155 Å². The van der Waals surface area contributed by atoms with Crippen LogP contribution in [0.2, 0.25) is 0 Å². The van der Waals surface area contributed by atoms with E-state index in [2.05, 4.69) is 70.8 Å². The summed E-state index contributed by atoms with van der Waals surface area (Å²) in [5.74, 6) is 3.73. The predicted octanol–water partition coefficient (Wildman–Crippen LogP) is 4.25. The van der Waals surface area contributed by atoms with Crippen LogP contribution in [-0.2, 0) is 13.0 Å². The number of rotatable bonds is 4. The van der Waals surface area contributed by atoms with Crippen molar-refractivity contribution in [3.05, 3.63) is 65.4 Å². The van der Waals surface area contributed by atoms with Gasteiger partial charge in [-0.1, -0.05) is 36.3 Å². The Kier molecular flexibility index (Phi) is 4.44. The van der Waals surface area contributed by atoms with Gasteiger partial charge in [0.15, 0.2) is 0 Å². The van der Waals surface area contributed by atoms with E-state index in [1.165, 1.54) is 27.7 Å². The summed E-state index contributed by atoms with van der Waals surface area (Å²) < 4.78 is 7.95. The largest absolute Gasteiger partial charge is 0.497 e. The molecular weight excluding hydrogens is 320 g/mol. The summed E-state index contributed by atoms with van der Waals surface area (Å²) in [7, 11) is 1.73. The first kappa shape index (κ1) is 16.8. The van der Waals surface area contributed by atoms with E-state index in [0.717, 1.165) is 25.3 Å². The van der Waals surface area contributed by atoms with Gasteiger partial charge in [-0.15, -0.1) is 6.42 Å². The third-order valence-corrected chi connectivity index (χ3v) is 5.49. The molecule has 1 atom stereocenters. The molecule has 2 heterocycles. The molecule has 0 radical (unpaired) electrons.